The maximum Gasteiger partial charge on any atom is 0.0431 e. The van der Waals surface area contributed by atoms with Gasteiger partial charge in [-0.1, -0.05) is 25.7 Å². The average molecular weight is 231 g/mol. The number of nitrogens with zero attached hydrogens (tertiary/aromatic N) is 1. The minimum absolute atomic E-state index is 0.334. The fourth-order valence-electron chi connectivity index (χ4n) is 1.81. The Balaban J connectivity index is 3.09. The highest BCUT2D eigenvalue weighted by atomic mass is 16.3. The first-order valence-corrected chi connectivity index (χ1v) is 6.71. The maximum absolute atomic E-state index is 8.63. The van der Waals surface area contributed by atoms with Gasteiger partial charge in [-0.05, 0) is 45.8 Å². The Kier molecular flexibility index (Phi) is 12.9. The zero-order valence-electron chi connectivity index (χ0n) is 10.8. The molecule has 0 bridgehead atoms. The summed E-state index contributed by atoms with van der Waals surface area (Å²) < 4.78 is 0. The van der Waals surface area contributed by atoms with Crippen LogP contribution in [-0.2, 0) is 0 Å². The minimum Gasteiger partial charge on any atom is -0.396 e. The summed E-state index contributed by atoms with van der Waals surface area (Å²) in [6.45, 7) is 3.01. The molecule has 0 spiro atoms. The van der Waals surface area contributed by atoms with Crippen molar-refractivity contribution in [3.63, 3.8) is 0 Å². The second-order valence-corrected chi connectivity index (χ2v) is 4.58. The van der Waals surface area contributed by atoms with Crippen LogP contribution in [0.25, 0.3) is 0 Å². The summed E-state index contributed by atoms with van der Waals surface area (Å²) in [5.41, 5.74) is 0. The number of aliphatic hydroxyl groups is 2. The molecule has 98 valence electrons. The molecule has 0 fully saturated rings. The lowest BCUT2D eigenvalue weighted by Gasteiger charge is -2.16. The van der Waals surface area contributed by atoms with Crippen molar-refractivity contribution >= 4 is 0 Å². The lowest BCUT2D eigenvalue weighted by molar-refractivity contribution is 0.273. The minimum atomic E-state index is 0.334. The van der Waals surface area contributed by atoms with E-state index in [0.717, 1.165) is 25.7 Å². The topological polar surface area (TPSA) is 43.7 Å². The van der Waals surface area contributed by atoms with E-state index in [1.165, 1.54) is 38.8 Å². The lowest BCUT2D eigenvalue weighted by Crippen LogP contribution is -2.20. The first-order chi connectivity index (χ1) is 7.81. The van der Waals surface area contributed by atoms with Gasteiger partial charge in [0.25, 0.3) is 0 Å². The van der Waals surface area contributed by atoms with Gasteiger partial charge < -0.3 is 15.1 Å². The summed E-state index contributed by atoms with van der Waals surface area (Å²) in [6, 6.07) is 0. The monoisotopic (exact) mass is 231 g/mol. The summed E-state index contributed by atoms with van der Waals surface area (Å²) in [5, 5.41) is 17.3. The number of rotatable bonds is 12. The van der Waals surface area contributed by atoms with E-state index in [1.807, 2.05) is 0 Å². The highest BCUT2D eigenvalue weighted by Gasteiger charge is 1.98. The molecule has 0 aromatic rings. The molecule has 0 heterocycles. The quantitative estimate of drug-likeness (QED) is 0.505. The Morgan fingerprint density at radius 2 is 1.00 bits per heavy atom. The summed E-state index contributed by atoms with van der Waals surface area (Å²) in [7, 11) is 2.18. The smallest absolute Gasteiger partial charge is 0.0431 e. The van der Waals surface area contributed by atoms with Crippen molar-refractivity contribution in [3.05, 3.63) is 0 Å². The van der Waals surface area contributed by atoms with Crippen molar-refractivity contribution in [2.75, 3.05) is 33.4 Å². The fraction of sp³-hybridized carbons (Fsp3) is 1.00. The molecular formula is C13H29NO2. The summed E-state index contributed by atoms with van der Waals surface area (Å²) in [5.74, 6) is 0. The molecular weight excluding hydrogens is 202 g/mol. The lowest BCUT2D eigenvalue weighted by atomic mass is 10.1. The Morgan fingerprint density at radius 3 is 1.38 bits per heavy atom. The normalized spacial score (nSPS) is 11.2. The van der Waals surface area contributed by atoms with Crippen molar-refractivity contribution in [3.8, 4) is 0 Å². The number of hydrogen-bond donors (Lipinski definition) is 2. The molecule has 0 aromatic heterocycles. The van der Waals surface area contributed by atoms with Gasteiger partial charge in [0.1, 0.15) is 0 Å². The molecule has 3 nitrogen and oxygen atoms in total. The van der Waals surface area contributed by atoms with Crippen molar-refractivity contribution in [1.82, 2.24) is 4.90 Å². The van der Waals surface area contributed by atoms with E-state index in [9.17, 15) is 0 Å². The first kappa shape index (κ1) is 15.9. The van der Waals surface area contributed by atoms with E-state index in [-0.39, 0.29) is 0 Å². The molecule has 0 aliphatic carbocycles. The molecule has 0 aromatic carbocycles. The predicted octanol–water partition coefficient (Wildman–Crippen LogP) is 2.02. The molecule has 0 rings (SSSR count). The third kappa shape index (κ3) is 12.0. The van der Waals surface area contributed by atoms with Crippen LogP contribution in [0.2, 0.25) is 0 Å². The van der Waals surface area contributed by atoms with Gasteiger partial charge in [0.15, 0.2) is 0 Å². The van der Waals surface area contributed by atoms with Gasteiger partial charge in [-0.15, -0.1) is 0 Å². The molecule has 0 saturated carbocycles. The van der Waals surface area contributed by atoms with E-state index in [2.05, 4.69) is 11.9 Å². The second kappa shape index (κ2) is 12.9. The van der Waals surface area contributed by atoms with E-state index in [0.29, 0.717) is 13.2 Å². The van der Waals surface area contributed by atoms with Crippen LogP contribution in [0.4, 0.5) is 0 Å². The average Bonchev–Trinajstić information content (AvgIpc) is 2.28. The fourth-order valence-corrected chi connectivity index (χ4v) is 1.81. The van der Waals surface area contributed by atoms with Crippen LogP contribution in [0.3, 0.4) is 0 Å². The molecule has 2 N–H and O–H groups in total. The zero-order chi connectivity index (χ0) is 12.1. The van der Waals surface area contributed by atoms with Crippen molar-refractivity contribution in [1.29, 1.82) is 0 Å². The van der Waals surface area contributed by atoms with E-state index >= 15 is 0 Å². The molecule has 0 radical (unpaired) electrons. The summed E-state index contributed by atoms with van der Waals surface area (Å²) in [4.78, 5) is 2.39. The van der Waals surface area contributed by atoms with Crippen molar-refractivity contribution in [2.24, 2.45) is 0 Å². The van der Waals surface area contributed by atoms with Crippen molar-refractivity contribution in [2.45, 2.75) is 51.4 Å². The highest BCUT2D eigenvalue weighted by Crippen LogP contribution is 2.03. The SMILES string of the molecule is CN(CCCCCCO)CCCCCCO. The highest BCUT2D eigenvalue weighted by molar-refractivity contribution is 4.53. The largest absolute Gasteiger partial charge is 0.396 e. The van der Waals surface area contributed by atoms with Gasteiger partial charge in [-0.2, -0.15) is 0 Å². The van der Waals surface area contributed by atoms with Crippen LogP contribution in [0.5, 0.6) is 0 Å². The van der Waals surface area contributed by atoms with Crippen LogP contribution in [0.1, 0.15) is 51.4 Å². The number of hydrogen-bond acceptors (Lipinski definition) is 3. The van der Waals surface area contributed by atoms with Crippen molar-refractivity contribution < 1.29 is 10.2 Å². The molecule has 0 unspecified atom stereocenters. The van der Waals surface area contributed by atoms with Gasteiger partial charge in [0.2, 0.25) is 0 Å². The van der Waals surface area contributed by atoms with Crippen LogP contribution < -0.4 is 0 Å². The third-order valence-corrected chi connectivity index (χ3v) is 2.90. The van der Waals surface area contributed by atoms with E-state index in [1.54, 1.807) is 0 Å². The van der Waals surface area contributed by atoms with Gasteiger partial charge in [0, 0.05) is 13.2 Å². The Bertz CT molecular complexity index is 117. The standard InChI is InChI=1S/C13H29NO2/c1-14(10-6-2-4-8-12-15)11-7-3-5-9-13-16/h15-16H,2-13H2,1H3. The van der Waals surface area contributed by atoms with Gasteiger partial charge >= 0.3 is 0 Å². The Morgan fingerprint density at radius 1 is 0.625 bits per heavy atom. The van der Waals surface area contributed by atoms with Crippen LogP contribution in [0, 0.1) is 0 Å². The van der Waals surface area contributed by atoms with Gasteiger partial charge in [-0.3, -0.25) is 0 Å². The maximum atomic E-state index is 8.63. The molecule has 0 atom stereocenters. The van der Waals surface area contributed by atoms with E-state index < -0.39 is 0 Å². The first-order valence-electron chi connectivity index (χ1n) is 6.71. The zero-order valence-corrected chi connectivity index (χ0v) is 10.8. The predicted molar refractivity (Wildman–Crippen MR) is 68.6 cm³/mol. The second-order valence-electron chi connectivity index (χ2n) is 4.58. The summed E-state index contributed by atoms with van der Waals surface area (Å²) in [6.07, 6.45) is 9.16. The van der Waals surface area contributed by atoms with Crippen LogP contribution in [-0.4, -0.2) is 48.5 Å². The Hall–Kier alpha value is -0.120. The number of unbranched alkanes of at least 4 members (excludes halogenated alkanes) is 6. The molecule has 0 aliphatic heterocycles. The van der Waals surface area contributed by atoms with Crippen LogP contribution in [0.15, 0.2) is 0 Å². The third-order valence-electron chi connectivity index (χ3n) is 2.90. The number of aliphatic hydroxyl groups excluding tert-OH is 2. The molecule has 3 heteroatoms. The van der Waals surface area contributed by atoms with Crippen LogP contribution >= 0.6 is 0 Å². The molecule has 0 saturated heterocycles. The summed E-state index contributed by atoms with van der Waals surface area (Å²) >= 11 is 0. The Labute approximate surface area is 100 Å². The molecule has 0 amide bonds. The van der Waals surface area contributed by atoms with E-state index in [4.69, 9.17) is 10.2 Å². The van der Waals surface area contributed by atoms with Gasteiger partial charge in [-0.25, -0.2) is 0 Å². The molecule has 0 aliphatic rings. The van der Waals surface area contributed by atoms with Gasteiger partial charge in [0.05, 0.1) is 0 Å². The molecule has 16 heavy (non-hydrogen) atoms.